The number of aromatic nitrogens is 3. The van der Waals surface area contributed by atoms with Crippen LogP contribution in [-0.2, 0) is 11.3 Å². The molecule has 4 rings (SSSR count). The molecule has 2 aromatic carbocycles. The summed E-state index contributed by atoms with van der Waals surface area (Å²) in [4.78, 5) is 34.1. The second-order valence-electron chi connectivity index (χ2n) is 8.93. The first-order valence-corrected chi connectivity index (χ1v) is 12.2. The molecule has 0 aliphatic rings. The van der Waals surface area contributed by atoms with Crippen molar-refractivity contribution in [1.29, 1.82) is 0 Å². The first-order chi connectivity index (χ1) is 17.4. The largest absolute Gasteiger partial charge is 0.385 e. The van der Waals surface area contributed by atoms with Crippen molar-refractivity contribution in [2.24, 2.45) is 0 Å². The van der Waals surface area contributed by atoms with Gasteiger partial charge in [0.1, 0.15) is 11.2 Å². The Morgan fingerprint density at radius 3 is 2.50 bits per heavy atom. The van der Waals surface area contributed by atoms with Gasteiger partial charge in [-0.05, 0) is 44.4 Å². The Morgan fingerprint density at radius 2 is 1.83 bits per heavy atom. The van der Waals surface area contributed by atoms with E-state index in [0.29, 0.717) is 55.0 Å². The number of hydrogen-bond donors (Lipinski definition) is 0. The highest BCUT2D eigenvalue weighted by Gasteiger charge is 2.30. The molecule has 8 heteroatoms. The zero-order valence-corrected chi connectivity index (χ0v) is 21.2. The van der Waals surface area contributed by atoms with E-state index in [1.165, 1.54) is 0 Å². The first kappa shape index (κ1) is 25.3. The van der Waals surface area contributed by atoms with Crippen LogP contribution in [0.1, 0.15) is 58.8 Å². The van der Waals surface area contributed by atoms with Crippen molar-refractivity contribution in [2.45, 2.75) is 46.2 Å². The Kier molecular flexibility index (Phi) is 7.95. The van der Waals surface area contributed by atoms with Crippen LogP contribution in [0.15, 0.2) is 63.9 Å². The third-order valence-corrected chi connectivity index (χ3v) is 6.35. The van der Waals surface area contributed by atoms with Gasteiger partial charge in [0.2, 0.25) is 0 Å². The maximum absolute atomic E-state index is 13.8. The van der Waals surface area contributed by atoms with Crippen molar-refractivity contribution in [1.82, 2.24) is 19.6 Å². The van der Waals surface area contributed by atoms with E-state index in [-0.39, 0.29) is 17.2 Å². The fourth-order valence-corrected chi connectivity index (χ4v) is 4.44. The molecule has 188 valence electrons. The Labute approximate surface area is 210 Å². The maximum Gasteiger partial charge on any atom is 0.267 e. The van der Waals surface area contributed by atoms with Crippen LogP contribution in [0.2, 0.25) is 0 Å². The van der Waals surface area contributed by atoms with E-state index in [0.717, 1.165) is 11.1 Å². The Morgan fingerprint density at radius 1 is 1.11 bits per heavy atom. The molecule has 1 atom stereocenters. The van der Waals surface area contributed by atoms with Crippen molar-refractivity contribution in [3.63, 3.8) is 0 Å². The van der Waals surface area contributed by atoms with Gasteiger partial charge in [-0.15, -0.1) is 0 Å². The number of carbonyl (C=O) groups excluding carboxylic acids is 1. The molecule has 0 saturated heterocycles. The lowest BCUT2D eigenvalue weighted by atomic mass is 10.1. The first-order valence-electron chi connectivity index (χ1n) is 12.2. The summed E-state index contributed by atoms with van der Waals surface area (Å²) < 4.78 is 12.3. The predicted molar refractivity (Wildman–Crippen MR) is 138 cm³/mol. The Bertz CT molecular complexity index is 1380. The van der Waals surface area contributed by atoms with Crippen LogP contribution in [0.25, 0.3) is 11.1 Å². The number of aryl methyl sites for hydroxylation is 2. The zero-order chi connectivity index (χ0) is 25.7. The summed E-state index contributed by atoms with van der Waals surface area (Å²) in [6.07, 6.45) is 1.21. The van der Waals surface area contributed by atoms with Crippen LogP contribution in [0.5, 0.6) is 0 Å². The second-order valence-corrected chi connectivity index (χ2v) is 8.93. The van der Waals surface area contributed by atoms with E-state index in [1.807, 2.05) is 68.4 Å². The molecule has 0 N–H and O–H groups in total. The molecule has 1 unspecified atom stereocenters. The third-order valence-electron chi connectivity index (χ3n) is 6.35. The van der Waals surface area contributed by atoms with Crippen LogP contribution in [-0.4, -0.2) is 45.8 Å². The fourth-order valence-electron chi connectivity index (χ4n) is 4.44. The molecule has 2 aromatic heterocycles. The molecular weight excluding hydrogens is 456 g/mol. The van der Waals surface area contributed by atoms with E-state index < -0.39 is 6.04 Å². The van der Waals surface area contributed by atoms with Gasteiger partial charge < -0.3 is 14.2 Å². The van der Waals surface area contributed by atoms with Gasteiger partial charge in [-0.1, -0.05) is 60.1 Å². The minimum absolute atomic E-state index is 0.118. The molecule has 0 saturated carbocycles. The van der Waals surface area contributed by atoms with Gasteiger partial charge in [0.25, 0.3) is 17.2 Å². The average Bonchev–Trinajstić information content (AvgIpc) is 3.26. The van der Waals surface area contributed by atoms with Crippen LogP contribution >= 0.6 is 0 Å². The standard InChI is InChI=1S/C28H32N4O4/c1-5-23(31(16-9-17-35-4)27(33)22-14-12-19(2)13-15-22)25-29-26-24(20(3)30-36-26)28(34)32(25)18-21-10-7-6-8-11-21/h6-8,10-15,23H,5,9,16-18H2,1-4H3. The Hall–Kier alpha value is -3.78. The monoisotopic (exact) mass is 488 g/mol. The smallest absolute Gasteiger partial charge is 0.267 e. The third kappa shape index (κ3) is 5.23. The van der Waals surface area contributed by atoms with Crippen molar-refractivity contribution in [3.8, 4) is 0 Å². The lowest BCUT2D eigenvalue weighted by molar-refractivity contribution is 0.0631. The van der Waals surface area contributed by atoms with Crippen LogP contribution in [0.4, 0.5) is 0 Å². The van der Waals surface area contributed by atoms with Gasteiger partial charge >= 0.3 is 0 Å². The van der Waals surface area contributed by atoms with E-state index in [4.69, 9.17) is 14.2 Å². The van der Waals surface area contributed by atoms with E-state index in [2.05, 4.69) is 5.16 Å². The summed E-state index contributed by atoms with van der Waals surface area (Å²) in [5, 5.41) is 4.34. The maximum atomic E-state index is 13.8. The summed E-state index contributed by atoms with van der Waals surface area (Å²) in [6.45, 7) is 7.00. The minimum Gasteiger partial charge on any atom is -0.385 e. The summed E-state index contributed by atoms with van der Waals surface area (Å²) in [5.74, 6) is 0.361. The molecule has 0 radical (unpaired) electrons. The normalized spacial score (nSPS) is 12.1. The SMILES string of the molecule is CCC(c1nc2onc(C)c2c(=O)n1Cc1ccccc1)N(CCCOC)C(=O)c1ccc(C)cc1. The summed E-state index contributed by atoms with van der Waals surface area (Å²) in [5.41, 5.74) is 3.09. The number of rotatable bonds is 10. The van der Waals surface area contributed by atoms with Gasteiger partial charge in [0.05, 0.1) is 18.3 Å². The minimum atomic E-state index is -0.457. The molecule has 8 nitrogen and oxygen atoms in total. The second kappa shape index (κ2) is 11.3. The highest BCUT2D eigenvalue weighted by Crippen LogP contribution is 2.27. The lowest BCUT2D eigenvalue weighted by Crippen LogP contribution is -2.40. The fraction of sp³-hybridized carbons (Fsp3) is 0.357. The molecule has 0 aliphatic carbocycles. The zero-order valence-electron chi connectivity index (χ0n) is 21.2. The molecule has 2 heterocycles. The number of benzene rings is 2. The molecule has 36 heavy (non-hydrogen) atoms. The van der Waals surface area contributed by atoms with Crippen LogP contribution in [0, 0.1) is 13.8 Å². The quantitative estimate of drug-likeness (QED) is 0.301. The van der Waals surface area contributed by atoms with Gasteiger partial charge in [0.15, 0.2) is 0 Å². The molecule has 0 fully saturated rings. The number of fused-ring (bicyclic) bond motifs is 1. The van der Waals surface area contributed by atoms with Gasteiger partial charge in [0, 0.05) is 25.8 Å². The summed E-state index contributed by atoms with van der Waals surface area (Å²) in [7, 11) is 1.64. The van der Waals surface area contributed by atoms with Crippen molar-refractivity contribution in [3.05, 3.63) is 93.2 Å². The Balaban J connectivity index is 1.85. The number of hydrogen-bond acceptors (Lipinski definition) is 6. The van der Waals surface area contributed by atoms with Gasteiger partial charge in [-0.2, -0.15) is 4.98 Å². The van der Waals surface area contributed by atoms with Crippen molar-refractivity contribution < 1.29 is 14.1 Å². The van der Waals surface area contributed by atoms with E-state index in [9.17, 15) is 9.59 Å². The van der Waals surface area contributed by atoms with Crippen LogP contribution < -0.4 is 5.56 Å². The van der Waals surface area contributed by atoms with Crippen molar-refractivity contribution >= 4 is 17.0 Å². The number of ether oxygens (including phenoxy) is 1. The average molecular weight is 489 g/mol. The summed E-state index contributed by atoms with van der Waals surface area (Å²) >= 11 is 0. The predicted octanol–water partition coefficient (Wildman–Crippen LogP) is 4.68. The van der Waals surface area contributed by atoms with Crippen molar-refractivity contribution in [2.75, 3.05) is 20.3 Å². The number of amides is 1. The molecular formula is C28H32N4O4. The molecule has 1 amide bonds. The molecule has 0 bridgehead atoms. The number of nitrogens with zero attached hydrogens (tertiary/aromatic N) is 4. The van der Waals surface area contributed by atoms with Gasteiger partial charge in [-0.25, -0.2) is 0 Å². The highest BCUT2D eigenvalue weighted by atomic mass is 16.5. The summed E-state index contributed by atoms with van der Waals surface area (Å²) in [6, 6.07) is 16.8. The van der Waals surface area contributed by atoms with Crippen LogP contribution in [0.3, 0.4) is 0 Å². The number of methoxy groups -OCH3 is 1. The molecule has 0 spiro atoms. The van der Waals surface area contributed by atoms with E-state index >= 15 is 0 Å². The molecule has 4 aromatic rings. The topological polar surface area (TPSA) is 90.5 Å². The number of carbonyl (C=O) groups is 1. The molecule has 0 aliphatic heterocycles. The highest BCUT2D eigenvalue weighted by molar-refractivity contribution is 5.94. The van der Waals surface area contributed by atoms with E-state index in [1.54, 1.807) is 23.5 Å². The lowest BCUT2D eigenvalue weighted by Gasteiger charge is -2.32. The van der Waals surface area contributed by atoms with Gasteiger partial charge in [-0.3, -0.25) is 14.2 Å².